The number of methoxy groups -OCH3 is 1. The number of nitrogens with zero attached hydrogens (tertiary/aromatic N) is 1. The molecule has 0 aromatic heterocycles. The molecule has 84 valence electrons. The van der Waals surface area contributed by atoms with Crippen LogP contribution in [0.1, 0.15) is 11.1 Å². The summed E-state index contributed by atoms with van der Waals surface area (Å²) in [7, 11) is 3.67. The highest BCUT2D eigenvalue weighted by molar-refractivity contribution is 5.36. The standard InChI is InChI=1S/C12H19NO2/c1-10-4-5-11(8-12(10)15-3)9-13(2)6-7-14/h4-5,8,14H,6-7,9H2,1-3H3. The molecule has 3 heteroatoms. The second-order valence-corrected chi connectivity index (χ2v) is 3.77. The predicted molar refractivity (Wildman–Crippen MR) is 61.2 cm³/mol. The highest BCUT2D eigenvalue weighted by Crippen LogP contribution is 2.19. The Morgan fingerprint density at radius 1 is 1.40 bits per heavy atom. The van der Waals surface area contributed by atoms with Crippen LogP contribution in [0, 0.1) is 6.92 Å². The number of aliphatic hydroxyl groups excluding tert-OH is 1. The lowest BCUT2D eigenvalue weighted by Gasteiger charge is -2.16. The topological polar surface area (TPSA) is 32.7 Å². The van der Waals surface area contributed by atoms with Gasteiger partial charge in [-0.15, -0.1) is 0 Å². The molecule has 0 unspecified atom stereocenters. The Bertz CT molecular complexity index is 312. The van der Waals surface area contributed by atoms with Gasteiger partial charge < -0.3 is 9.84 Å². The summed E-state index contributed by atoms with van der Waals surface area (Å²) in [6, 6.07) is 6.19. The molecular formula is C12H19NO2. The molecule has 0 aliphatic rings. The van der Waals surface area contributed by atoms with Crippen molar-refractivity contribution in [3.8, 4) is 5.75 Å². The Morgan fingerprint density at radius 2 is 2.13 bits per heavy atom. The van der Waals surface area contributed by atoms with Crippen LogP contribution < -0.4 is 4.74 Å². The molecule has 0 bridgehead atoms. The summed E-state index contributed by atoms with van der Waals surface area (Å²) in [5, 5.41) is 8.79. The van der Waals surface area contributed by atoms with E-state index in [1.54, 1.807) is 7.11 Å². The smallest absolute Gasteiger partial charge is 0.122 e. The van der Waals surface area contributed by atoms with Gasteiger partial charge in [0.25, 0.3) is 0 Å². The number of hydrogen-bond donors (Lipinski definition) is 1. The van der Waals surface area contributed by atoms with E-state index in [0.717, 1.165) is 17.9 Å². The number of aryl methyl sites for hydroxylation is 1. The summed E-state index contributed by atoms with van der Waals surface area (Å²) in [5.74, 6) is 0.921. The molecule has 15 heavy (non-hydrogen) atoms. The summed E-state index contributed by atoms with van der Waals surface area (Å²) in [6.07, 6.45) is 0. The molecule has 0 heterocycles. The molecule has 0 aliphatic carbocycles. The number of rotatable bonds is 5. The highest BCUT2D eigenvalue weighted by Gasteiger charge is 2.03. The van der Waals surface area contributed by atoms with Crippen LogP contribution in [0.2, 0.25) is 0 Å². The van der Waals surface area contributed by atoms with Gasteiger partial charge in [0, 0.05) is 13.1 Å². The first-order chi connectivity index (χ1) is 7.17. The zero-order valence-corrected chi connectivity index (χ0v) is 9.66. The summed E-state index contributed by atoms with van der Waals surface area (Å²) in [4.78, 5) is 2.07. The van der Waals surface area contributed by atoms with E-state index in [0.29, 0.717) is 6.54 Å². The Balaban J connectivity index is 2.69. The Kier molecular flexibility index (Phi) is 4.59. The second-order valence-electron chi connectivity index (χ2n) is 3.77. The minimum atomic E-state index is 0.194. The zero-order valence-electron chi connectivity index (χ0n) is 9.66. The van der Waals surface area contributed by atoms with Gasteiger partial charge in [-0.05, 0) is 31.2 Å². The average Bonchev–Trinajstić information content (AvgIpc) is 2.21. The molecule has 1 rings (SSSR count). The van der Waals surface area contributed by atoms with Crippen LogP contribution >= 0.6 is 0 Å². The molecule has 0 saturated heterocycles. The van der Waals surface area contributed by atoms with E-state index in [1.165, 1.54) is 5.56 Å². The van der Waals surface area contributed by atoms with Crippen molar-refractivity contribution in [2.75, 3.05) is 27.3 Å². The van der Waals surface area contributed by atoms with Crippen molar-refractivity contribution >= 4 is 0 Å². The molecule has 0 saturated carbocycles. The summed E-state index contributed by atoms with van der Waals surface area (Å²) in [5.41, 5.74) is 2.35. The molecule has 0 fully saturated rings. The van der Waals surface area contributed by atoms with Crippen molar-refractivity contribution in [3.05, 3.63) is 29.3 Å². The third kappa shape index (κ3) is 3.53. The van der Waals surface area contributed by atoms with Crippen LogP contribution in [0.4, 0.5) is 0 Å². The lowest BCUT2D eigenvalue weighted by molar-refractivity contribution is 0.217. The van der Waals surface area contributed by atoms with E-state index in [1.807, 2.05) is 20.0 Å². The van der Waals surface area contributed by atoms with Gasteiger partial charge >= 0.3 is 0 Å². The van der Waals surface area contributed by atoms with Gasteiger partial charge in [0.1, 0.15) is 5.75 Å². The zero-order chi connectivity index (χ0) is 11.3. The molecule has 0 amide bonds. The maximum Gasteiger partial charge on any atom is 0.122 e. The molecule has 0 aliphatic heterocycles. The third-order valence-corrected chi connectivity index (χ3v) is 2.41. The number of benzene rings is 1. The fourth-order valence-electron chi connectivity index (χ4n) is 1.52. The van der Waals surface area contributed by atoms with Crippen molar-refractivity contribution in [2.45, 2.75) is 13.5 Å². The molecule has 0 atom stereocenters. The Morgan fingerprint density at radius 3 is 2.73 bits per heavy atom. The van der Waals surface area contributed by atoms with Gasteiger partial charge in [-0.25, -0.2) is 0 Å². The molecule has 1 N–H and O–H groups in total. The van der Waals surface area contributed by atoms with Gasteiger partial charge in [0.05, 0.1) is 13.7 Å². The SMILES string of the molecule is COc1cc(CN(C)CCO)ccc1C. The van der Waals surface area contributed by atoms with Crippen LogP contribution in [-0.4, -0.2) is 37.3 Å². The van der Waals surface area contributed by atoms with Crippen molar-refractivity contribution < 1.29 is 9.84 Å². The monoisotopic (exact) mass is 209 g/mol. The van der Waals surface area contributed by atoms with E-state index in [2.05, 4.69) is 17.0 Å². The van der Waals surface area contributed by atoms with Crippen LogP contribution in [0.25, 0.3) is 0 Å². The van der Waals surface area contributed by atoms with Gasteiger partial charge in [0.15, 0.2) is 0 Å². The van der Waals surface area contributed by atoms with Gasteiger partial charge in [-0.3, -0.25) is 4.90 Å². The van der Waals surface area contributed by atoms with Gasteiger partial charge in [-0.1, -0.05) is 12.1 Å². The minimum Gasteiger partial charge on any atom is -0.496 e. The maximum atomic E-state index is 8.79. The quantitative estimate of drug-likeness (QED) is 0.796. The average molecular weight is 209 g/mol. The number of aliphatic hydroxyl groups is 1. The highest BCUT2D eigenvalue weighted by atomic mass is 16.5. The number of hydrogen-bond acceptors (Lipinski definition) is 3. The molecule has 1 aromatic carbocycles. The summed E-state index contributed by atoms with van der Waals surface area (Å²) >= 11 is 0. The lowest BCUT2D eigenvalue weighted by atomic mass is 10.1. The third-order valence-electron chi connectivity index (χ3n) is 2.41. The predicted octanol–water partition coefficient (Wildman–Crippen LogP) is 1.43. The molecule has 1 aromatic rings. The maximum absolute atomic E-state index is 8.79. The Labute approximate surface area is 91.3 Å². The summed E-state index contributed by atoms with van der Waals surface area (Å²) in [6.45, 7) is 3.74. The number of likely N-dealkylation sites (N-methyl/N-ethyl adjacent to an activating group) is 1. The number of ether oxygens (including phenoxy) is 1. The molecule has 0 spiro atoms. The van der Waals surface area contributed by atoms with E-state index < -0.39 is 0 Å². The Hall–Kier alpha value is -1.06. The van der Waals surface area contributed by atoms with Crippen molar-refractivity contribution in [2.24, 2.45) is 0 Å². The first-order valence-corrected chi connectivity index (χ1v) is 5.10. The summed E-state index contributed by atoms with van der Waals surface area (Å²) < 4.78 is 5.26. The van der Waals surface area contributed by atoms with Crippen LogP contribution in [0.15, 0.2) is 18.2 Å². The van der Waals surface area contributed by atoms with E-state index in [9.17, 15) is 0 Å². The fourth-order valence-corrected chi connectivity index (χ4v) is 1.52. The van der Waals surface area contributed by atoms with Crippen LogP contribution in [0.3, 0.4) is 0 Å². The minimum absolute atomic E-state index is 0.194. The molecule has 0 radical (unpaired) electrons. The largest absolute Gasteiger partial charge is 0.496 e. The van der Waals surface area contributed by atoms with Crippen molar-refractivity contribution in [1.82, 2.24) is 4.90 Å². The molecular weight excluding hydrogens is 190 g/mol. The molecule has 3 nitrogen and oxygen atoms in total. The second kappa shape index (κ2) is 5.73. The van der Waals surface area contributed by atoms with E-state index in [-0.39, 0.29) is 6.61 Å². The van der Waals surface area contributed by atoms with Gasteiger partial charge in [-0.2, -0.15) is 0 Å². The first kappa shape index (κ1) is 12.0. The van der Waals surface area contributed by atoms with Crippen LogP contribution in [0.5, 0.6) is 5.75 Å². The van der Waals surface area contributed by atoms with Crippen molar-refractivity contribution in [1.29, 1.82) is 0 Å². The lowest BCUT2D eigenvalue weighted by Crippen LogP contribution is -2.21. The fraction of sp³-hybridized carbons (Fsp3) is 0.500. The normalized spacial score (nSPS) is 10.7. The van der Waals surface area contributed by atoms with E-state index in [4.69, 9.17) is 9.84 Å². The van der Waals surface area contributed by atoms with Gasteiger partial charge in [0.2, 0.25) is 0 Å². The first-order valence-electron chi connectivity index (χ1n) is 5.10. The van der Waals surface area contributed by atoms with E-state index >= 15 is 0 Å². The van der Waals surface area contributed by atoms with Crippen molar-refractivity contribution in [3.63, 3.8) is 0 Å². The van der Waals surface area contributed by atoms with Crippen LogP contribution in [-0.2, 0) is 6.54 Å².